The van der Waals surface area contributed by atoms with Crippen LogP contribution in [0.15, 0.2) is 52.8 Å². The molecule has 1 aliphatic carbocycles. The zero-order valence-electron chi connectivity index (χ0n) is 18.4. The van der Waals surface area contributed by atoms with Gasteiger partial charge in [0.05, 0.1) is 16.6 Å². The number of carbonyl (C=O) groups excluding carboxylic acids is 1. The molecule has 1 amide bonds. The van der Waals surface area contributed by atoms with Crippen molar-refractivity contribution >= 4 is 29.0 Å². The highest BCUT2D eigenvalue weighted by Gasteiger charge is 2.23. The molecule has 1 heterocycles. The number of anilines is 1. The van der Waals surface area contributed by atoms with Gasteiger partial charge in [0.25, 0.3) is 11.6 Å². The van der Waals surface area contributed by atoms with Gasteiger partial charge >= 0.3 is 0 Å². The van der Waals surface area contributed by atoms with Crippen molar-refractivity contribution < 1.29 is 14.8 Å². The number of rotatable bonds is 7. The topological polar surface area (TPSA) is 123 Å². The smallest absolute Gasteiger partial charge is 0.270 e. The van der Waals surface area contributed by atoms with Crippen LogP contribution in [-0.4, -0.2) is 30.7 Å². The maximum Gasteiger partial charge on any atom is 0.270 e. The van der Waals surface area contributed by atoms with Crippen molar-refractivity contribution in [3.63, 3.8) is 0 Å². The molecule has 10 heteroatoms. The van der Waals surface area contributed by atoms with Crippen molar-refractivity contribution in [2.24, 2.45) is 7.05 Å². The average Bonchev–Trinajstić information content (AvgIpc) is 3.46. The summed E-state index contributed by atoms with van der Waals surface area (Å²) in [5, 5.41) is 32.9. The number of aliphatic hydroxyl groups is 1. The first-order valence-corrected chi connectivity index (χ1v) is 11.6. The van der Waals surface area contributed by atoms with E-state index in [4.69, 9.17) is 0 Å². The average molecular weight is 468 g/mol. The second-order valence-electron chi connectivity index (χ2n) is 8.22. The van der Waals surface area contributed by atoms with Gasteiger partial charge in [-0.25, -0.2) is 0 Å². The summed E-state index contributed by atoms with van der Waals surface area (Å²) in [6, 6.07) is 9.74. The zero-order chi connectivity index (χ0) is 23.5. The SMILES string of the molecule is CC(O)c1cc(NC(=O)c2cc([N+](=O)[O-])ccc2Sc2nncn2C)ccc1C1CCCC1. The van der Waals surface area contributed by atoms with Gasteiger partial charge in [0, 0.05) is 29.8 Å². The third kappa shape index (κ3) is 5.07. The summed E-state index contributed by atoms with van der Waals surface area (Å²) in [5.41, 5.74) is 2.43. The van der Waals surface area contributed by atoms with E-state index in [1.807, 2.05) is 12.1 Å². The van der Waals surface area contributed by atoms with Crippen LogP contribution in [0.1, 0.15) is 66.1 Å². The number of carbonyl (C=O) groups is 1. The summed E-state index contributed by atoms with van der Waals surface area (Å²) in [5.74, 6) is -0.0564. The normalized spacial score (nSPS) is 14.9. The van der Waals surface area contributed by atoms with E-state index in [0.717, 1.165) is 24.0 Å². The maximum absolute atomic E-state index is 13.2. The van der Waals surface area contributed by atoms with E-state index in [-0.39, 0.29) is 11.3 Å². The van der Waals surface area contributed by atoms with Gasteiger partial charge in [-0.2, -0.15) is 0 Å². The molecule has 9 nitrogen and oxygen atoms in total. The molecule has 0 bridgehead atoms. The lowest BCUT2D eigenvalue weighted by Crippen LogP contribution is -2.14. The first kappa shape index (κ1) is 22.9. The molecule has 1 aliphatic rings. The Morgan fingerprint density at radius 2 is 2.03 bits per heavy atom. The molecule has 1 fully saturated rings. The van der Waals surface area contributed by atoms with Gasteiger partial charge in [0.1, 0.15) is 6.33 Å². The Kier molecular flexibility index (Phi) is 6.75. The molecule has 1 unspecified atom stereocenters. The molecule has 3 aromatic rings. The monoisotopic (exact) mass is 467 g/mol. The largest absolute Gasteiger partial charge is 0.389 e. The summed E-state index contributed by atoms with van der Waals surface area (Å²) in [6.07, 6.45) is 5.43. The van der Waals surface area contributed by atoms with Crippen molar-refractivity contribution in [2.45, 2.75) is 54.7 Å². The zero-order valence-corrected chi connectivity index (χ0v) is 19.2. The summed E-state index contributed by atoms with van der Waals surface area (Å²) in [6.45, 7) is 1.72. The van der Waals surface area contributed by atoms with Gasteiger partial charge in [-0.3, -0.25) is 14.9 Å². The molecule has 0 radical (unpaired) electrons. The van der Waals surface area contributed by atoms with Crippen LogP contribution in [0.4, 0.5) is 11.4 Å². The number of nitrogens with one attached hydrogen (secondary N) is 1. The Morgan fingerprint density at radius 1 is 1.27 bits per heavy atom. The number of nitro groups is 1. The fourth-order valence-corrected chi connectivity index (χ4v) is 5.06. The van der Waals surface area contributed by atoms with Crippen LogP contribution < -0.4 is 5.32 Å². The number of nitrogens with zero attached hydrogens (tertiary/aromatic N) is 4. The van der Waals surface area contributed by atoms with E-state index in [1.165, 1.54) is 49.1 Å². The number of aliphatic hydroxyl groups excluding tert-OH is 1. The highest BCUT2D eigenvalue weighted by molar-refractivity contribution is 7.99. The predicted octanol–water partition coefficient (Wildman–Crippen LogP) is 4.84. The number of nitro benzene ring substituents is 1. The third-order valence-corrected chi connectivity index (χ3v) is 7.01. The number of hydrogen-bond donors (Lipinski definition) is 2. The lowest BCUT2D eigenvalue weighted by molar-refractivity contribution is -0.384. The van der Waals surface area contributed by atoms with Crippen molar-refractivity contribution in [1.29, 1.82) is 0 Å². The quantitative estimate of drug-likeness (QED) is 0.376. The van der Waals surface area contributed by atoms with Crippen molar-refractivity contribution in [1.82, 2.24) is 14.8 Å². The van der Waals surface area contributed by atoms with E-state index in [9.17, 15) is 20.0 Å². The third-order valence-electron chi connectivity index (χ3n) is 5.88. The van der Waals surface area contributed by atoms with Crippen LogP contribution in [0.25, 0.3) is 0 Å². The molecule has 1 aromatic heterocycles. The molecule has 2 aromatic carbocycles. The van der Waals surface area contributed by atoms with E-state index < -0.39 is 16.9 Å². The Balaban J connectivity index is 1.64. The van der Waals surface area contributed by atoms with E-state index in [0.29, 0.717) is 21.7 Å². The fraction of sp³-hybridized carbons (Fsp3) is 0.348. The van der Waals surface area contributed by atoms with Gasteiger partial charge in [-0.15, -0.1) is 10.2 Å². The molecule has 33 heavy (non-hydrogen) atoms. The molecule has 0 spiro atoms. The summed E-state index contributed by atoms with van der Waals surface area (Å²) < 4.78 is 1.70. The van der Waals surface area contributed by atoms with Gasteiger partial charge in [-0.05, 0) is 66.8 Å². The molecular formula is C23H25N5O4S. The number of hydrogen-bond acceptors (Lipinski definition) is 7. The van der Waals surface area contributed by atoms with E-state index in [2.05, 4.69) is 15.5 Å². The Hall–Kier alpha value is -3.24. The molecule has 2 N–H and O–H groups in total. The van der Waals surface area contributed by atoms with Crippen LogP contribution >= 0.6 is 11.8 Å². The Bertz CT molecular complexity index is 1190. The molecule has 172 valence electrons. The molecular weight excluding hydrogens is 442 g/mol. The Morgan fingerprint density at radius 3 is 2.67 bits per heavy atom. The first-order chi connectivity index (χ1) is 15.8. The van der Waals surface area contributed by atoms with Crippen LogP contribution in [0.2, 0.25) is 0 Å². The predicted molar refractivity (Wildman–Crippen MR) is 124 cm³/mol. The number of aryl methyl sites for hydroxylation is 1. The molecule has 1 saturated carbocycles. The van der Waals surface area contributed by atoms with Crippen LogP contribution in [0, 0.1) is 10.1 Å². The number of benzene rings is 2. The maximum atomic E-state index is 13.2. The van der Waals surface area contributed by atoms with Crippen molar-refractivity contribution in [3.05, 3.63) is 69.5 Å². The summed E-state index contributed by atoms with van der Waals surface area (Å²) >= 11 is 1.20. The van der Waals surface area contributed by atoms with Gasteiger partial charge in [0.2, 0.25) is 0 Å². The second-order valence-corrected chi connectivity index (χ2v) is 9.23. The van der Waals surface area contributed by atoms with Crippen LogP contribution in [0.5, 0.6) is 0 Å². The van der Waals surface area contributed by atoms with E-state index >= 15 is 0 Å². The lowest BCUT2D eigenvalue weighted by atomic mass is 9.90. The summed E-state index contributed by atoms with van der Waals surface area (Å²) in [4.78, 5) is 24.5. The first-order valence-electron chi connectivity index (χ1n) is 10.8. The minimum Gasteiger partial charge on any atom is -0.389 e. The van der Waals surface area contributed by atoms with Crippen molar-refractivity contribution in [2.75, 3.05) is 5.32 Å². The van der Waals surface area contributed by atoms with Crippen LogP contribution in [0.3, 0.4) is 0 Å². The lowest BCUT2D eigenvalue weighted by Gasteiger charge is -2.19. The number of aromatic nitrogens is 3. The Labute approximate surface area is 195 Å². The van der Waals surface area contributed by atoms with E-state index in [1.54, 1.807) is 24.6 Å². The highest BCUT2D eigenvalue weighted by atomic mass is 32.2. The number of amides is 1. The molecule has 0 aliphatic heterocycles. The molecule has 0 saturated heterocycles. The number of non-ortho nitro benzene ring substituents is 1. The summed E-state index contributed by atoms with van der Waals surface area (Å²) in [7, 11) is 1.77. The van der Waals surface area contributed by atoms with Gasteiger partial charge in [0.15, 0.2) is 5.16 Å². The minimum absolute atomic E-state index is 0.163. The van der Waals surface area contributed by atoms with Gasteiger partial charge in [-0.1, -0.05) is 18.9 Å². The van der Waals surface area contributed by atoms with Crippen LogP contribution in [-0.2, 0) is 7.05 Å². The minimum atomic E-state index is -0.669. The fourth-order valence-electron chi connectivity index (χ4n) is 4.18. The second kappa shape index (κ2) is 9.72. The molecule has 1 atom stereocenters. The molecule has 4 rings (SSSR count). The highest BCUT2D eigenvalue weighted by Crippen LogP contribution is 2.39. The van der Waals surface area contributed by atoms with Gasteiger partial charge < -0.3 is 15.0 Å². The van der Waals surface area contributed by atoms with Crippen molar-refractivity contribution in [3.8, 4) is 0 Å². The standard InChI is InChI=1S/C23H25N5O4S/c1-14(29)19-11-16(7-9-18(19)15-5-3-4-6-15)25-22(30)20-12-17(28(31)32)8-10-21(20)33-23-26-24-13-27(23)2/h7-15,29H,3-6H2,1-2H3,(H,25,30).